The Bertz CT molecular complexity index is 557. The highest BCUT2D eigenvalue weighted by Crippen LogP contribution is 2.17. The highest BCUT2D eigenvalue weighted by molar-refractivity contribution is 5.34. The molecule has 19 heavy (non-hydrogen) atoms. The largest absolute Gasteiger partial charge is 0.496 e. The Kier molecular flexibility index (Phi) is 4.28. The molecule has 0 bridgehead atoms. The molecule has 0 aliphatic rings. The van der Waals surface area contributed by atoms with Crippen LogP contribution < -0.4 is 10.1 Å². The Labute approximate surface area is 113 Å². The van der Waals surface area contributed by atoms with Gasteiger partial charge in [0.1, 0.15) is 5.75 Å². The molecule has 1 aromatic carbocycles. The lowest BCUT2D eigenvalue weighted by atomic mass is 10.1. The molecule has 1 N–H and O–H groups in total. The molecule has 0 saturated heterocycles. The summed E-state index contributed by atoms with van der Waals surface area (Å²) in [5.41, 5.74) is 2.92. The molecular weight excluding hydrogens is 240 g/mol. The quantitative estimate of drug-likeness (QED) is 0.890. The lowest BCUT2D eigenvalue weighted by molar-refractivity contribution is 0.410. The molecule has 0 saturated carbocycles. The smallest absolute Gasteiger partial charge is 0.242 e. The van der Waals surface area contributed by atoms with Crippen molar-refractivity contribution in [3.8, 4) is 5.75 Å². The van der Waals surface area contributed by atoms with E-state index in [9.17, 15) is 0 Å². The van der Waals surface area contributed by atoms with Crippen molar-refractivity contribution in [2.45, 2.75) is 20.3 Å². The van der Waals surface area contributed by atoms with Crippen LogP contribution in [0.5, 0.6) is 5.75 Å². The van der Waals surface area contributed by atoms with Crippen LogP contribution in [0.1, 0.15) is 17.0 Å². The molecule has 2 aromatic rings. The molecule has 0 unspecified atom stereocenters. The molecule has 100 valence electrons. The fourth-order valence-corrected chi connectivity index (χ4v) is 1.75. The van der Waals surface area contributed by atoms with Gasteiger partial charge in [0.25, 0.3) is 0 Å². The normalized spacial score (nSPS) is 10.3. The van der Waals surface area contributed by atoms with E-state index in [1.165, 1.54) is 0 Å². The van der Waals surface area contributed by atoms with Crippen molar-refractivity contribution in [1.82, 2.24) is 15.2 Å². The van der Waals surface area contributed by atoms with Gasteiger partial charge in [0.05, 0.1) is 18.5 Å². The first-order chi connectivity index (χ1) is 9.20. The maximum atomic E-state index is 5.31. The summed E-state index contributed by atoms with van der Waals surface area (Å²) in [7, 11) is 1.68. The van der Waals surface area contributed by atoms with E-state index in [2.05, 4.69) is 26.6 Å². The first-order valence-electron chi connectivity index (χ1n) is 6.24. The minimum atomic E-state index is 0.568. The van der Waals surface area contributed by atoms with Crippen LogP contribution in [0.25, 0.3) is 0 Å². The highest BCUT2D eigenvalue weighted by atomic mass is 16.5. The van der Waals surface area contributed by atoms with Gasteiger partial charge in [-0.2, -0.15) is 5.10 Å². The fraction of sp³-hybridized carbons (Fsp3) is 0.357. The predicted molar refractivity (Wildman–Crippen MR) is 74.5 cm³/mol. The van der Waals surface area contributed by atoms with Gasteiger partial charge in [0.2, 0.25) is 5.95 Å². The standard InChI is InChI=1S/C14H18N4O/c1-10-11(2)17-18-14(16-10)15-9-8-12-6-4-5-7-13(12)19-3/h4-7H,8-9H2,1-3H3,(H,15,16,18). The second-order valence-corrected chi connectivity index (χ2v) is 4.29. The third-order valence-corrected chi connectivity index (χ3v) is 2.96. The van der Waals surface area contributed by atoms with E-state index >= 15 is 0 Å². The van der Waals surface area contributed by atoms with Crippen LogP contribution in [0.2, 0.25) is 0 Å². The summed E-state index contributed by atoms with van der Waals surface area (Å²) < 4.78 is 5.31. The van der Waals surface area contributed by atoms with E-state index in [-0.39, 0.29) is 0 Å². The maximum absolute atomic E-state index is 5.31. The molecule has 0 fully saturated rings. The zero-order valence-corrected chi connectivity index (χ0v) is 11.5. The van der Waals surface area contributed by atoms with Crippen molar-refractivity contribution in [2.24, 2.45) is 0 Å². The SMILES string of the molecule is COc1ccccc1CCNc1nnc(C)c(C)n1. The summed E-state index contributed by atoms with van der Waals surface area (Å²) >= 11 is 0. The third kappa shape index (κ3) is 3.40. The van der Waals surface area contributed by atoms with Crippen LogP contribution in [0.4, 0.5) is 5.95 Å². The van der Waals surface area contributed by atoms with Crippen LogP contribution in [-0.4, -0.2) is 28.8 Å². The molecule has 0 amide bonds. The summed E-state index contributed by atoms with van der Waals surface area (Å²) in [4.78, 5) is 4.33. The Morgan fingerprint density at radius 3 is 2.63 bits per heavy atom. The summed E-state index contributed by atoms with van der Waals surface area (Å²) in [6, 6.07) is 7.99. The Balaban J connectivity index is 1.94. The number of aromatic nitrogens is 3. The second-order valence-electron chi connectivity index (χ2n) is 4.29. The summed E-state index contributed by atoms with van der Waals surface area (Å²) in [6.45, 7) is 4.56. The van der Waals surface area contributed by atoms with E-state index in [1.807, 2.05) is 32.0 Å². The van der Waals surface area contributed by atoms with E-state index in [0.29, 0.717) is 5.95 Å². The average molecular weight is 258 g/mol. The van der Waals surface area contributed by atoms with Gasteiger partial charge in [-0.3, -0.25) is 0 Å². The Hall–Kier alpha value is -2.17. The van der Waals surface area contributed by atoms with E-state index in [1.54, 1.807) is 7.11 Å². The number of benzene rings is 1. The zero-order chi connectivity index (χ0) is 13.7. The number of nitrogens with zero attached hydrogens (tertiary/aromatic N) is 3. The molecule has 5 heteroatoms. The Morgan fingerprint density at radius 2 is 1.89 bits per heavy atom. The van der Waals surface area contributed by atoms with Gasteiger partial charge in [-0.25, -0.2) is 4.98 Å². The van der Waals surface area contributed by atoms with Crippen LogP contribution in [0.3, 0.4) is 0 Å². The van der Waals surface area contributed by atoms with Crippen LogP contribution in [0, 0.1) is 13.8 Å². The van der Waals surface area contributed by atoms with Gasteiger partial charge in [0, 0.05) is 6.54 Å². The molecule has 5 nitrogen and oxygen atoms in total. The van der Waals surface area contributed by atoms with Crippen molar-refractivity contribution in [3.05, 3.63) is 41.2 Å². The van der Waals surface area contributed by atoms with Crippen molar-refractivity contribution in [3.63, 3.8) is 0 Å². The summed E-state index contributed by atoms with van der Waals surface area (Å²) in [5, 5.41) is 11.2. The second kappa shape index (κ2) is 6.13. The molecule has 0 aliphatic carbocycles. The molecule has 0 atom stereocenters. The molecule has 0 radical (unpaired) electrons. The average Bonchev–Trinajstić information content (AvgIpc) is 2.43. The van der Waals surface area contributed by atoms with Crippen LogP contribution in [0.15, 0.2) is 24.3 Å². The van der Waals surface area contributed by atoms with Crippen molar-refractivity contribution in [2.75, 3.05) is 19.0 Å². The van der Waals surface area contributed by atoms with Gasteiger partial charge < -0.3 is 10.1 Å². The number of rotatable bonds is 5. The van der Waals surface area contributed by atoms with Crippen LogP contribution in [-0.2, 0) is 6.42 Å². The number of methoxy groups -OCH3 is 1. The molecular formula is C14H18N4O. The number of para-hydroxylation sites is 1. The zero-order valence-electron chi connectivity index (χ0n) is 11.5. The number of nitrogens with one attached hydrogen (secondary N) is 1. The van der Waals surface area contributed by atoms with E-state index in [4.69, 9.17) is 4.74 Å². The number of aryl methyl sites for hydroxylation is 2. The van der Waals surface area contributed by atoms with E-state index in [0.717, 1.165) is 35.7 Å². The van der Waals surface area contributed by atoms with Gasteiger partial charge in [-0.1, -0.05) is 18.2 Å². The Morgan fingerprint density at radius 1 is 1.11 bits per heavy atom. The van der Waals surface area contributed by atoms with E-state index < -0.39 is 0 Å². The summed E-state index contributed by atoms with van der Waals surface area (Å²) in [5.74, 6) is 1.47. The number of anilines is 1. The summed E-state index contributed by atoms with van der Waals surface area (Å²) in [6.07, 6.45) is 0.848. The molecule has 1 heterocycles. The van der Waals surface area contributed by atoms with Gasteiger partial charge in [-0.15, -0.1) is 5.10 Å². The first kappa shape index (κ1) is 13.3. The topological polar surface area (TPSA) is 59.9 Å². The van der Waals surface area contributed by atoms with Crippen LogP contribution >= 0.6 is 0 Å². The highest BCUT2D eigenvalue weighted by Gasteiger charge is 2.03. The fourth-order valence-electron chi connectivity index (χ4n) is 1.75. The van der Waals surface area contributed by atoms with Crippen molar-refractivity contribution in [1.29, 1.82) is 0 Å². The predicted octanol–water partition coefficient (Wildman–Crippen LogP) is 2.15. The minimum Gasteiger partial charge on any atom is -0.496 e. The monoisotopic (exact) mass is 258 g/mol. The maximum Gasteiger partial charge on any atom is 0.242 e. The van der Waals surface area contributed by atoms with Gasteiger partial charge in [-0.05, 0) is 31.9 Å². The number of hydrogen-bond donors (Lipinski definition) is 1. The number of ether oxygens (including phenoxy) is 1. The van der Waals surface area contributed by atoms with Crippen molar-refractivity contribution < 1.29 is 4.74 Å². The minimum absolute atomic E-state index is 0.568. The molecule has 1 aromatic heterocycles. The van der Waals surface area contributed by atoms with Gasteiger partial charge >= 0.3 is 0 Å². The molecule has 0 spiro atoms. The molecule has 2 rings (SSSR count). The lowest BCUT2D eigenvalue weighted by Crippen LogP contribution is -2.10. The van der Waals surface area contributed by atoms with Crippen molar-refractivity contribution >= 4 is 5.95 Å². The third-order valence-electron chi connectivity index (χ3n) is 2.96. The first-order valence-corrected chi connectivity index (χ1v) is 6.24. The molecule has 0 aliphatic heterocycles. The van der Waals surface area contributed by atoms with Gasteiger partial charge in [0.15, 0.2) is 0 Å². The lowest BCUT2D eigenvalue weighted by Gasteiger charge is -2.09. The number of hydrogen-bond acceptors (Lipinski definition) is 5.